The van der Waals surface area contributed by atoms with Crippen LogP contribution in [-0.2, 0) is 0 Å². The first-order valence-corrected chi connectivity index (χ1v) is 13.6. The molecule has 0 saturated carbocycles. The van der Waals surface area contributed by atoms with E-state index in [1.165, 1.54) is 66.3 Å². The molecule has 0 aliphatic rings. The summed E-state index contributed by atoms with van der Waals surface area (Å²) in [6.07, 6.45) is 4.90. The summed E-state index contributed by atoms with van der Waals surface area (Å²) in [5.41, 5.74) is 8.26. The lowest BCUT2D eigenvalue weighted by molar-refractivity contribution is 1.47. The van der Waals surface area contributed by atoms with Crippen LogP contribution < -0.4 is 0 Å². The van der Waals surface area contributed by atoms with Crippen molar-refractivity contribution < 1.29 is 0 Å². The van der Waals surface area contributed by atoms with Gasteiger partial charge in [-0.05, 0) is 90.8 Å². The Bertz CT molecular complexity index is 1810. The van der Waals surface area contributed by atoms with Crippen molar-refractivity contribution >= 4 is 44.1 Å². The van der Waals surface area contributed by atoms with Gasteiger partial charge in [-0.3, -0.25) is 0 Å². The van der Waals surface area contributed by atoms with Gasteiger partial charge in [-0.2, -0.15) is 0 Å². The summed E-state index contributed by atoms with van der Waals surface area (Å²) >= 11 is 0. The number of rotatable bonds is 5. The van der Waals surface area contributed by atoms with Gasteiger partial charge in [0.2, 0.25) is 0 Å². The molecule has 0 bridgehead atoms. The second-order valence-electron chi connectivity index (χ2n) is 9.48. The SMILES string of the molecule is C=C/C(=C\C=N)c1ccc2ccc(-c3c4ccccc4c(-c4cccc(C)c4)c4ccccc34)cc2c1.CC. The van der Waals surface area contributed by atoms with Gasteiger partial charge in [-0.1, -0.05) is 129 Å². The monoisotopic (exact) mass is 503 g/mol. The van der Waals surface area contributed by atoms with Gasteiger partial charge in [-0.15, -0.1) is 0 Å². The molecule has 0 radical (unpaired) electrons. The molecular weight excluding hydrogens is 470 g/mol. The molecule has 0 saturated heterocycles. The van der Waals surface area contributed by atoms with E-state index in [1.54, 1.807) is 12.2 Å². The molecule has 0 aliphatic carbocycles. The lowest BCUT2D eigenvalue weighted by Crippen LogP contribution is -1.91. The van der Waals surface area contributed by atoms with Gasteiger partial charge >= 0.3 is 0 Å². The molecule has 0 atom stereocenters. The zero-order chi connectivity index (χ0) is 27.4. The van der Waals surface area contributed by atoms with Gasteiger partial charge < -0.3 is 5.41 Å². The van der Waals surface area contributed by atoms with Crippen LogP contribution in [0.3, 0.4) is 0 Å². The Morgan fingerprint density at radius 3 is 1.72 bits per heavy atom. The second-order valence-corrected chi connectivity index (χ2v) is 9.48. The van der Waals surface area contributed by atoms with Gasteiger partial charge in [-0.25, -0.2) is 0 Å². The van der Waals surface area contributed by atoms with Gasteiger partial charge in [0.15, 0.2) is 0 Å². The minimum Gasteiger partial charge on any atom is -0.309 e. The fourth-order valence-electron chi connectivity index (χ4n) is 5.50. The number of hydrogen-bond acceptors (Lipinski definition) is 1. The van der Waals surface area contributed by atoms with Crippen LogP contribution in [0, 0.1) is 12.3 Å². The van der Waals surface area contributed by atoms with Crippen molar-refractivity contribution in [3.63, 3.8) is 0 Å². The van der Waals surface area contributed by atoms with Crippen molar-refractivity contribution in [3.8, 4) is 22.3 Å². The Morgan fingerprint density at radius 2 is 1.18 bits per heavy atom. The molecule has 1 nitrogen and oxygen atoms in total. The number of fused-ring (bicyclic) bond motifs is 3. The minimum absolute atomic E-state index is 0.945. The first kappa shape index (κ1) is 25.9. The van der Waals surface area contributed by atoms with Crippen LogP contribution in [0.5, 0.6) is 0 Å². The molecule has 1 N–H and O–H groups in total. The zero-order valence-electron chi connectivity index (χ0n) is 22.8. The zero-order valence-corrected chi connectivity index (χ0v) is 22.8. The summed E-state index contributed by atoms with van der Waals surface area (Å²) in [4.78, 5) is 0. The van der Waals surface area contributed by atoms with E-state index >= 15 is 0 Å². The Kier molecular flexibility index (Phi) is 7.52. The van der Waals surface area contributed by atoms with E-state index < -0.39 is 0 Å². The fourth-order valence-corrected chi connectivity index (χ4v) is 5.50. The van der Waals surface area contributed by atoms with Crippen molar-refractivity contribution in [2.45, 2.75) is 20.8 Å². The Balaban J connectivity index is 0.00000151. The van der Waals surface area contributed by atoms with Crippen molar-refractivity contribution in [1.29, 1.82) is 5.41 Å². The lowest BCUT2D eigenvalue weighted by Gasteiger charge is -2.18. The molecule has 0 unspecified atom stereocenters. The summed E-state index contributed by atoms with van der Waals surface area (Å²) in [6, 6.07) is 39.5. The van der Waals surface area contributed by atoms with Crippen LogP contribution in [-0.4, -0.2) is 6.21 Å². The third-order valence-corrected chi connectivity index (χ3v) is 7.18. The molecule has 0 spiro atoms. The Hall–Kier alpha value is -4.75. The molecule has 190 valence electrons. The van der Waals surface area contributed by atoms with Gasteiger partial charge in [0.05, 0.1) is 0 Å². The Morgan fingerprint density at radius 1 is 0.615 bits per heavy atom. The summed E-state index contributed by atoms with van der Waals surface area (Å²) in [6.45, 7) is 10.1. The molecule has 0 fully saturated rings. The Labute approximate surface area is 231 Å². The topological polar surface area (TPSA) is 23.9 Å². The van der Waals surface area contributed by atoms with Crippen LogP contribution in [0.25, 0.3) is 60.1 Å². The van der Waals surface area contributed by atoms with Crippen molar-refractivity contribution in [3.05, 3.63) is 139 Å². The molecule has 6 aromatic rings. The predicted molar refractivity (Wildman–Crippen MR) is 173 cm³/mol. The standard InChI is InChI=1S/C36H27N.C2H6/c1-3-25(19-20-37)27-17-15-26-16-18-29(23-30(26)22-27)36-33-13-6-4-11-31(33)35(28-10-8-9-24(2)21-28)32-12-5-7-14-34(32)36;1-2/h3-23,37H,1H2,2H3;1-2H3/b25-19+,37-20?;. The van der Waals surface area contributed by atoms with Gasteiger partial charge in [0, 0.05) is 6.21 Å². The van der Waals surface area contributed by atoms with Crippen molar-refractivity contribution in [1.82, 2.24) is 0 Å². The largest absolute Gasteiger partial charge is 0.309 e. The van der Waals surface area contributed by atoms with E-state index in [4.69, 9.17) is 5.41 Å². The van der Waals surface area contributed by atoms with Crippen LogP contribution in [0.4, 0.5) is 0 Å². The third kappa shape index (κ3) is 4.80. The van der Waals surface area contributed by atoms with E-state index in [2.05, 4.69) is 123 Å². The molecule has 6 rings (SSSR count). The summed E-state index contributed by atoms with van der Waals surface area (Å²) in [5, 5.41) is 14.9. The number of allylic oxidation sites excluding steroid dienone is 3. The highest BCUT2D eigenvalue weighted by Crippen LogP contribution is 2.44. The molecule has 0 amide bonds. The summed E-state index contributed by atoms with van der Waals surface area (Å²) in [7, 11) is 0. The molecular formula is C38H33N. The maximum Gasteiger partial charge on any atom is 0.0183 e. The van der Waals surface area contributed by atoms with E-state index in [1.807, 2.05) is 13.8 Å². The minimum atomic E-state index is 0.945. The number of aryl methyl sites for hydroxylation is 1. The van der Waals surface area contributed by atoms with E-state index in [9.17, 15) is 0 Å². The van der Waals surface area contributed by atoms with Crippen molar-refractivity contribution in [2.24, 2.45) is 0 Å². The normalized spacial score (nSPS) is 11.3. The van der Waals surface area contributed by atoms with Crippen LogP contribution in [0.2, 0.25) is 0 Å². The average molecular weight is 504 g/mol. The quantitative estimate of drug-likeness (QED) is 0.137. The van der Waals surface area contributed by atoms with E-state index in [0.29, 0.717) is 0 Å². The highest BCUT2D eigenvalue weighted by molar-refractivity contribution is 6.21. The maximum absolute atomic E-state index is 7.49. The van der Waals surface area contributed by atoms with Gasteiger partial charge in [0.25, 0.3) is 0 Å². The summed E-state index contributed by atoms with van der Waals surface area (Å²) < 4.78 is 0. The number of hydrogen-bond donors (Lipinski definition) is 1. The average Bonchev–Trinajstić information content (AvgIpc) is 2.99. The van der Waals surface area contributed by atoms with Crippen LogP contribution in [0.1, 0.15) is 25.0 Å². The number of benzene rings is 6. The van der Waals surface area contributed by atoms with Crippen LogP contribution in [0.15, 0.2) is 128 Å². The molecule has 6 aromatic carbocycles. The first-order chi connectivity index (χ1) is 19.2. The summed E-state index contributed by atoms with van der Waals surface area (Å²) in [5.74, 6) is 0. The third-order valence-electron chi connectivity index (χ3n) is 7.18. The number of nitrogens with one attached hydrogen (secondary N) is 1. The smallest absolute Gasteiger partial charge is 0.0183 e. The van der Waals surface area contributed by atoms with Crippen LogP contribution >= 0.6 is 0 Å². The fraction of sp³-hybridized carbons (Fsp3) is 0.0789. The van der Waals surface area contributed by atoms with Gasteiger partial charge in [0.1, 0.15) is 0 Å². The molecule has 0 aromatic heterocycles. The lowest BCUT2D eigenvalue weighted by atomic mass is 9.85. The highest BCUT2D eigenvalue weighted by Gasteiger charge is 2.16. The molecule has 1 heteroatoms. The molecule has 0 aliphatic heterocycles. The second kappa shape index (κ2) is 11.3. The first-order valence-electron chi connectivity index (χ1n) is 13.6. The maximum atomic E-state index is 7.49. The molecule has 0 heterocycles. The van der Waals surface area contributed by atoms with Crippen molar-refractivity contribution in [2.75, 3.05) is 0 Å². The predicted octanol–water partition coefficient (Wildman–Crippen LogP) is 11.0. The van der Waals surface area contributed by atoms with E-state index in [-0.39, 0.29) is 0 Å². The highest BCUT2D eigenvalue weighted by atomic mass is 14.3. The van der Waals surface area contributed by atoms with E-state index in [0.717, 1.165) is 11.1 Å². The molecule has 39 heavy (non-hydrogen) atoms.